The standard InChI is InChI=1S/C15H19N5O2/c1-11-10-20(9-8-17-11)14(21)3-2-13-18-15(19-22-13)12-4-6-16-7-5-12/h4-7,11,17H,2-3,8-10H2,1H3. The molecule has 1 fully saturated rings. The number of hydrogen-bond donors (Lipinski definition) is 1. The molecular formula is C15H19N5O2. The predicted molar refractivity (Wildman–Crippen MR) is 79.9 cm³/mol. The van der Waals surface area contributed by atoms with E-state index in [1.807, 2.05) is 17.0 Å². The van der Waals surface area contributed by atoms with Gasteiger partial charge in [0.05, 0.1) is 0 Å². The fourth-order valence-corrected chi connectivity index (χ4v) is 2.51. The topological polar surface area (TPSA) is 84.2 Å². The van der Waals surface area contributed by atoms with Crippen LogP contribution in [0.5, 0.6) is 0 Å². The van der Waals surface area contributed by atoms with Gasteiger partial charge in [-0.2, -0.15) is 4.98 Å². The lowest BCUT2D eigenvalue weighted by Crippen LogP contribution is -2.51. The number of pyridine rings is 1. The summed E-state index contributed by atoms with van der Waals surface area (Å²) in [5.74, 6) is 1.15. The first-order chi connectivity index (χ1) is 10.7. The van der Waals surface area contributed by atoms with Crippen molar-refractivity contribution in [1.29, 1.82) is 0 Å². The molecule has 0 spiro atoms. The molecule has 1 aliphatic heterocycles. The van der Waals surface area contributed by atoms with E-state index >= 15 is 0 Å². The number of piperazine rings is 1. The van der Waals surface area contributed by atoms with E-state index in [1.54, 1.807) is 12.4 Å². The average molecular weight is 301 g/mol. The van der Waals surface area contributed by atoms with Crippen LogP contribution in [0.3, 0.4) is 0 Å². The molecule has 3 rings (SSSR count). The van der Waals surface area contributed by atoms with Crippen molar-refractivity contribution < 1.29 is 9.32 Å². The average Bonchev–Trinajstić information content (AvgIpc) is 3.02. The zero-order chi connectivity index (χ0) is 15.4. The van der Waals surface area contributed by atoms with Crippen LogP contribution in [-0.4, -0.2) is 51.6 Å². The first-order valence-corrected chi connectivity index (χ1v) is 7.46. The molecule has 2 aromatic heterocycles. The van der Waals surface area contributed by atoms with Crippen LogP contribution < -0.4 is 5.32 Å². The fraction of sp³-hybridized carbons (Fsp3) is 0.467. The molecule has 22 heavy (non-hydrogen) atoms. The number of nitrogens with one attached hydrogen (secondary N) is 1. The highest BCUT2D eigenvalue weighted by molar-refractivity contribution is 5.76. The molecule has 0 saturated carbocycles. The van der Waals surface area contributed by atoms with Crippen LogP contribution in [0.15, 0.2) is 29.0 Å². The van der Waals surface area contributed by atoms with Crippen LogP contribution in [0.4, 0.5) is 0 Å². The minimum absolute atomic E-state index is 0.136. The van der Waals surface area contributed by atoms with Gasteiger partial charge < -0.3 is 14.7 Å². The van der Waals surface area contributed by atoms with Crippen LogP contribution in [0.2, 0.25) is 0 Å². The van der Waals surface area contributed by atoms with E-state index in [1.165, 1.54) is 0 Å². The number of nitrogens with zero attached hydrogens (tertiary/aromatic N) is 4. The van der Waals surface area contributed by atoms with Gasteiger partial charge in [-0.3, -0.25) is 9.78 Å². The highest BCUT2D eigenvalue weighted by Gasteiger charge is 2.20. The van der Waals surface area contributed by atoms with E-state index in [-0.39, 0.29) is 5.91 Å². The summed E-state index contributed by atoms with van der Waals surface area (Å²) in [5, 5.41) is 7.26. The van der Waals surface area contributed by atoms with Gasteiger partial charge in [-0.1, -0.05) is 5.16 Å². The third-order valence-electron chi connectivity index (χ3n) is 3.68. The van der Waals surface area contributed by atoms with Gasteiger partial charge >= 0.3 is 0 Å². The Balaban J connectivity index is 1.56. The minimum Gasteiger partial charge on any atom is -0.340 e. The predicted octanol–water partition coefficient (Wildman–Crippen LogP) is 0.884. The Kier molecular flexibility index (Phi) is 4.43. The normalized spacial score (nSPS) is 18.4. The summed E-state index contributed by atoms with van der Waals surface area (Å²) in [7, 11) is 0. The molecule has 0 aliphatic carbocycles. The van der Waals surface area contributed by atoms with Crippen molar-refractivity contribution in [2.45, 2.75) is 25.8 Å². The van der Waals surface area contributed by atoms with Crippen molar-refractivity contribution in [2.24, 2.45) is 0 Å². The Morgan fingerprint density at radius 3 is 3.05 bits per heavy atom. The Labute approximate surface area is 128 Å². The molecule has 1 aliphatic rings. The quantitative estimate of drug-likeness (QED) is 0.902. The molecule has 7 heteroatoms. The third-order valence-corrected chi connectivity index (χ3v) is 3.68. The van der Waals surface area contributed by atoms with E-state index in [0.717, 1.165) is 25.2 Å². The van der Waals surface area contributed by atoms with E-state index in [2.05, 4.69) is 27.4 Å². The fourth-order valence-electron chi connectivity index (χ4n) is 2.51. The van der Waals surface area contributed by atoms with Crippen LogP contribution in [0.25, 0.3) is 11.4 Å². The molecule has 116 valence electrons. The highest BCUT2D eigenvalue weighted by atomic mass is 16.5. The van der Waals surface area contributed by atoms with E-state index in [0.29, 0.717) is 30.6 Å². The van der Waals surface area contributed by atoms with Gasteiger partial charge in [-0.25, -0.2) is 0 Å². The Bertz CT molecular complexity index is 628. The van der Waals surface area contributed by atoms with Crippen molar-refractivity contribution in [3.05, 3.63) is 30.4 Å². The lowest BCUT2D eigenvalue weighted by molar-refractivity contribution is -0.132. The highest BCUT2D eigenvalue weighted by Crippen LogP contribution is 2.15. The molecule has 2 aromatic rings. The van der Waals surface area contributed by atoms with Gasteiger partial charge in [-0.15, -0.1) is 0 Å². The molecular weight excluding hydrogens is 282 g/mol. The van der Waals surface area contributed by atoms with Crippen LogP contribution in [-0.2, 0) is 11.2 Å². The Morgan fingerprint density at radius 2 is 2.27 bits per heavy atom. The number of hydrogen-bond acceptors (Lipinski definition) is 6. The number of amides is 1. The second-order valence-electron chi connectivity index (χ2n) is 5.44. The monoisotopic (exact) mass is 301 g/mol. The molecule has 1 unspecified atom stereocenters. The summed E-state index contributed by atoms with van der Waals surface area (Å²) in [6.07, 6.45) is 4.22. The summed E-state index contributed by atoms with van der Waals surface area (Å²) in [6, 6.07) is 3.99. The van der Waals surface area contributed by atoms with Crippen molar-refractivity contribution >= 4 is 5.91 Å². The maximum atomic E-state index is 12.2. The first-order valence-electron chi connectivity index (χ1n) is 7.46. The number of carbonyl (C=O) groups is 1. The molecule has 1 atom stereocenters. The van der Waals surface area contributed by atoms with E-state index in [4.69, 9.17) is 4.52 Å². The molecule has 0 bridgehead atoms. The summed E-state index contributed by atoms with van der Waals surface area (Å²) in [4.78, 5) is 22.4. The maximum absolute atomic E-state index is 12.2. The SMILES string of the molecule is CC1CN(C(=O)CCc2nc(-c3ccncc3)no2)CCN1. The minimum atomic E-state index is 0.136. The first kappa shape index (κ1) is 14.6. The number of carbonyl (C=O) groups excluding carboxylic acids is 1. The molecule has 1 amide bonds. The van der Waals surface area contributed by atoms with Gasteiger partial charge in [0.1, 0.15) is 0 Å². The zero-order valence-electron chi connectivity index (χ0n) is 12.5. The summed E-state index contributed by atoms with van der Waals surface area (Å²) in [5.41, 5.74) is 0.854. The Morgan fingerprint density at radius 1 is 1.45 bits per heavy atom. The second-order valence-corrected chi connectivity index (χ2v) is 5.44. The molecule has 7 nitrogen and oxygen atoms in total. The van der Waals surface area contributed by atoms with Gasteiger partial charge in [-0.05, 0) is 19.1 Å². The van der Waals surface area contributed by atoms with E-state index in [9.17, 15) is 4.79 Å². The van der Waals surface area contributed by atoms with Gasteiger partial charge in [0, 0.05) is 56.5 Å². The van der Waals surface area contributed by atoms with Gasteiger partial charge in [0.2, 0.25) is 17.6 Å². The van der Waals surface area contributed by atoms with Crippen molar-refractivity contribution in [1.82, 2.24) is 25.3 Å². The van der Waals surface area contributed by atoms with Crippen LogP contribution in [0.1, 0.15) is 19.2 Å². The number of aromatic nitrogens is 3. The smallest absolute Gasteiger partial charge is 0.227 e. The number of rotatable bonds is 4. The van der Waals surface area contributed by atoms with Crippen LogP contribution in [0, 0.1) is 0 Å². The lowest BCUT2D eigenvalue weighted by atomic mass is 10.2. The third kappa shape index (κ3) is 3.48. The maximum Gasteiger partial charge on any atom is 0.227 e. The molecule has 0 aromatic carbocycles. The van der Waals surface area contributed by atoms with Crippen molar-refractivity contribution in [2.75, 3.05) is 19.6 Å². The molecule has 1 saturated heterocycles. The molecule has 1 N–H and O–H groups in total. The van der Waals surface area contributed by atoms with Crippen LogP contribution >= 0.6 is 0 Å². The number of aryl methyl sites for hydroxylation is 1. The van der Waals surface area contributed by atoms with Crippen molar-refractivity contribution in [3.63, 3.8) is 0 Å². The summed E-state index contributed by atoms with van der Waals surface area (Å²) >= 11 is 0. The second kappa shape index (κ2) is 6.65. The van der Waals surface area contributed by atoms with Gasteiger partial charge in [0.25, 0.3) is 0 Å². The van der Waals surface area contributed by atoms with Gasteiger partial charge in [0.15, 0.2) is 0 Å². The summed E-state index contributed by atoms with van der Waals surface area (Å²) in [6.45, 7) is 4.44. The Hall–Kier alpha value is -2.28. The largest absolute Gasteiger partial charge is 0.340 e. The zero-order valence-corrected chi connectivity index (χ0v) is 12.5. The lowest BCUT2D eigenvalue weighted by Gasteiger charge is -2.31. The summed E-state index contributed by atoms with van der Waals surface area (Å²) < 4.78 is 5.21. The molecule has 3 heterocycles. The molecule has 0 radical (unpaired) electrons. The van der Waals surface area contributed by atoms with Crippen molar-refractivity contribution in [3.8, 4) is 11.4 Å². The van der Waals surface area contributed by atoms with E-state index < -0.39 is 0 Å².